The van der Waals surface area contributed by atoms with Crippen LogP contribution in [-0.2, 0) is 0 Å². The standard InChI is InChI=1S/C21H31N/c1-4-6-15-10-14-21(3)18-11-13-20(2)12-5-7-17(20)16(18)8-9-19(21)22-15/h4,9-10,14-18,22H,1,5-8,11-13H2,2-3H3/t15?,16-,17-,18-,20-,21+/m0/s1. The van der Waals surface area contributed by atoms with Crippen molar-refractivity contribution in [2.24, 2.45) is 28.6 Å². The number of hydrogen-bond donors (Lipinski definition) is 1. The molecule has 120 valence electrons. The first kappa shape index (κ1) is 14.6. The first-order valence-corrected chi connectivity index (χ1v) is 9.34. The third-order valence-corrected chi connectivity index (χ3v) is 7.60. The van der Waals surface area contributed by atoms with Crippen LogP contribution in [0.25, 0.3) is 0 Å². The van der Waals surface area contributed by atoms with Crippen LogP contribution in [0.3, 0.4) is 0 Å². The second-order valence-electron chi connectivity index (χ2n) is 8.73. The van der Waals surface area contributed by atoms with E-state index in [1.807, 2.05) is 6.08 Å². The highest BCUT2D eigenvalue weighted by Gasteiger charge is 2.55. The van der Waals surface area contributed by atoms with E-state index in [-0.39, 0.29) is 5.41 Å². The third kappa shape index (κ3) is 1.97. The van der Waals surface area contributed by atoms with Gasteiger partial charge >= 0.3 is 0 Å². The van der Waals surface area contributed by atoms with Gasteiger partial charge in [-0.15, -0.1) is 6.58 Å². The average Bonchev–Trinajstić information content (AvgIpc) is 2.89. The van der Waals surface area contributed by atoms with E-state index in [4.69, 9.17) is 0 Å². The summed E-state index contributed by atoms with van der Waals surface area (Å²) in [5.41, 5.74) is 2.41. The van der Waals surface area contributed by atoms with Gasteiger partial charge in [-0.3, -0.25) is 0 Å². The molecular weight excluding hydrogens is 266 g/mol. The topological polar surface area (TPSA) is 12.0 Å². The molecule has 0 aromatic rings. The van der Waals surface area contributed by atoms with Gasteiger partial charge in [0.15, 0.2) is 0 Å². The second-order valence-corrected chi connectivity index (χ2v) is 8.73. The largest absolute Gasteiger partial charge is 0.381 e. The molecule has 0 aromatic carbocycles. The minimum atomic E-state index is 0.254. The summed E-state index contributed by atoms with van der Waals surface area (Å²) in [6.45, 7) is 8.96. The Balaban J connectivity index is 1.65. The summed E-state index contributed by atoms with van der Waals surface area (Å²) in [7, 11) is 0. The SMILES string of the molecule is C=CCC1C=C[C@@]2(C)C(=CC[C@H]3[C@@H]4CCC[C@@]4(C)CC[C@@H]32)N1. The predicted octanol–water partition coefficient (Wildman–Crippen LogP) is 5.22. The third-order valence-electron chi connectivity index (χ3n) is 7.60. The monoisotopic (exact) mass is 297 g/mol. The summed E-state index contributed by atoms with van der Waals surface area (Å²) in [5, 5.41) is 3.80. The smallest absolute Gasteiger partial charge is 0.0476 e. The van der Waals surface area contributed by atoms with E-state index < -0.39 is 0 Å². The normalized spacial score (nSPS) is 49.5. The minimum Gasteiger partial charge on any atom is -0.381 e. The molecule has 4 rings (SSSR count). The van der Waals surface area contributed by atoms with Crippen molar-refractivity contribution in [1.29, 1.82) is 0 Å². The highest BCUT2D eigenvalue weighted by Crippen LogP contribution is 2.63. The molecule has 1 nitrogen and oxygen atoms in total. The van der Waals surface area contributed by atoms with Gasteiger partial charge in [0, 0.05) is 17.2 Å². The van der Waals surface area contributed by atoms with E-state index in [0.717, 1.165) is 24.2 Å². The van der Waals surface area contributed by atoms with Crippen LogP contribution in [0.5, 0.6) is 0 Å². The van der Waals surface area contributed by atoms with E-state index in [1.54, 1.807) is 0 Å². The van der Waals surface area contributed by atoms with Gasteiger partial charge in [0.25, 0.3) is 0 Å². The second kappa shape index (κ2) is 5.01. The summed E-state index contributed by atoms with van der Waals surface area (Å²) >= 11 is 0. The Morgan fingerprint density at radius 3 is 2.95 bits per heavy atom. The molecule has 1 N–H and O–H groups in total. The minimum absolute atomic E-state index is 0.254. The maximum atomic E-state index is 3.89. The molecule has 0 amide bonds. The lowest BCUT2D eigenvalue weighted by atomic mass is 9.51. The number of allylic oxidation sites excluding steroid dienone is 2. The van der Waals surface area contributed by atoms with Crippen LogP contribution in [0.15, 0.2) is 36.6 Å². The van der Waals surface area contributed by atoms with Crippen molar-refractivity contribution in [1.82, 2.24) is 5.32 Å². The lowest BCUT2D eigenvalue weighted by Crippen LogP contribution is -2.51. The lowest BCUT2D eigenvalue weighted by molar-refractivity contribution is -0.00442. The van der Waals surface area contributed by atoms with Gasteiger partial charge in [0.2, 0.25) is 0 Å². The van der Waals surface area contributed by atoms with Crippen molar-refractivity contribution in [2.75, 3.05) is 0 Å². The molecule has 2 saturated carbocycles. The average molecular weight is 297 g/mol. The van der Waals surface area contributed by atoms with Gasteiger partial charge in [-0.2, -0.15) is 0 Å². The molecule has 0 aromatic heterocycles. The predicted molar refractivity (Wildman–Crippen MR) is 93.3 cm³/mol. The zero-order chi connectivity index (χ0) is 15.4. The zero-order valence-corrected chi connectivity index (χ0v) is 14.3. The Morgan fingerprint density at radius 2 is 2.14 bits per heavy atom. The maximum absolute atomic E-state index is 3.89. The van der Waals surface area contributed by atoms with Crippen LogP contribution in [0.1, 0.15) is 58.8 Å². The van der Waals surface area contributed by atoms with Crippen molar-refractivity contribution in [3.63, 3.8) is 0 Å². The van der Waals surface area contributed by atoms with Crippen molar-refractivity contribution < 1.29 is 0 Å². The quantitative estimate of drug-likeness (QED) is 0.689. The van der Waals surface area contributed by atoms with E-state index in [0.29, 0.717) is 11.5 Å². The van der Waals surface area contributed by atoms with Crippen LogP contribution < -0.4 is 5.32 Å². The molecule has 2 fully saturated rings. The molecule has 6 atom stereocenters. The molecule has 4 aliphatic rings. The number of rotatable bonds is 2. The van der Waals surface area contributed by atoms with Crippen molar-refractivity contribution in [3.05, 3.63) is 36.6 Å². The van der Waals surface area contributed by atoms with Crippen LogP contribution in [0.4, 0.5) is 0 Å². The summed E-state index contributed by atoms with van der Waals surface area (Å²) < 4.78 is 0. The molecular formula is C21H31N. The summed E-state index contributed by atoms with van der Waals surface area (Å²) in [6, 6.07) is 0.453. The summed E-state index contributed by atoms with van der Waals surface area (Å²) in [4.78, 5) is 0. The van der Waals surface area contributed by atoms with Crippen LogP contribution in [0, 0.1) is 28.6 Å². The first-order chi connectivity index (χ1) is 10.6. The van der Waals surface area contributed by atoms with Gasteiger partial charge in [-0.1, -0.05) is 44.6 Å². The van der Waals surface area contributed by atoms with Gasteiger partial charge in [-0.25, -0.2) is 0 Å². The first-order valence-electron chi connectivity index (χ1n) is 9.34. The lowest BCUT2D eigenvalue weighted by Gasteiger charge is -2.56. The van der Waals surface area contributed by atoms with E-state index in [2.05, 4.69) is 44.0 Å². The Labute approximate surface area is 135 Å². The molecule has 1 unspecified atom stereocenters. The Hall–Kier alpha value is -0.980. The molecule has 1 heteroatoms. The highest BCUT2D eigenvalue weighted by atomic mass is 15.0. The molecule has 0 saturated heterocycles. The number of hydrogen-bond acceptors (Lipinski definition) is 1. The fourth-order valence-corrected chi connectivity index (χ4v) is 6.34. The van der Waals surface area contributed by atoms with Gasteiger partial charge in [-0.05, 0) is 61.7 Å². The summed E-state index contributed by atoms with van der Waals surface area (Å²) in [6.07, 6.45) is 19.1. The zero-order valence-electron chi connectivity index (χ0n) is 14.3. The van der Waals surface area contributed by atoms with Crippen LogP contribution in [-0.4, -0.2) is 6.04 Å². The van der Waals surface area contributed by atoms with Gasteiger partial charge in [0.1, 0.15) is 0 Å². The highest BCUT2D eigenvalue weighted by molar-refractivity contribution is 5.32. The molecule has 0 spiro atoms. The maximum Gasteiger partial charge on any atom is 0.0476 e. The van der Waals surface area contributed by atoms with Crippen molar-refractivity contribution >= 4 is 0 Å². The van der Waals surface area contributed by atoms with E-state index in [1.165, 1.54) is 44.2 Å². The Morgan fingerprint density at radius 1 is 1.27 bits per heavy atom. The Kier molecular flexibility index (Phi) is 3.33. The molecule has 0 radical (unpaired) electrons. The molecule has 22 heavy (non-hydrogen) atoms. The fraction of sp³-hybridized carbons (Fsp3) is 0.714. The molecule has 0 bridgehead atoms. The number of nitrogens with one attached hydrogen (secondary N) is 1. The van der Waals surface area contributed by atoms with E-state index in [9.17, 15) is 0 Å². The van der Waals surface area contributed by atoms with Crippen molar-refractivity contribution in [2.45, 2.75) is 64.8 Å². The van der Waals surface area contributed by atoms with Gasteiger partial charge in [0.05, 0.1) is 0 Å². The van der Waals surface area contributed by atoms with Crippen LogP contribution in [0.2, 0.25) is 0 Å². The van der Waals surface area contributed by atoms with Crippen LogP contribution >= 0.6 is 0 Å². The van der Waals surface area contributed by atoms with Crippen molar-refractivity contribution in [3.8, 4) is 0 Å². The Bertz CT molecular complexity index is 530. The van der Waals surface area contributed by atoms with E-state index >= 15 is 0 Å². The fourth-order valence-electron chi connectivity index (χ4n) is 6.34. The summed E-state index contributed by atoms with van der Waals surface area (Å²) in [5.74, 6) is 2.73. The molecule has 1 heterocycles. The number of fused-ring (bicyclic) bond motifs is 5. The van der Waals surface area contributed by atoms with Gasteiger partial charge < -0.3 is 5.32 Å². The molecule has 1 aliphatic heterocycles. The molecule has 3 aliphatic carbocycles.